The molecule has 11 nitrogen and oxygen atoms in total. The smallest absolute Gasteiger partial charge is 0.333 e. The van der Waals surface area contributed by atoms with Crippen molar-refractivity contribution in [1.82, 2.24) is 9.55 Å². The molecule has 2 aromatic carbocycles. The fourth-order valence-corrected chi connectivity index (χ4v) is 8.35. The van der Waals surface area contributed by atoms with Crippen LogP contribution >= 0.6 is 34.5 Å². The number of thiophene rings is 1. The van der Waals surface area contributed by atoms with E-state index in [4.69, 9.17) is 23.2 Å². The Morgan fingerprint density at radius 1 is 1.10 bits per heavy atom. The number of sulfone groups is 1. The zero-order chi connectivity index (χ0) is 28.3. The van der Waals surface area contributed by atoms with E-state index in [1.807, 2.05) is 0 Å². The quantitative estimate of drug-likeness (QED) is 0.329. The summed E-state index contributed by atoms with van der Waals surface area (Å²) in [4.78, 5) is 41.0. The molecule has 2 aromatic heterocycles. The summed E-state index contributed by atoms with van der Waals surface area (Å²) in [5.41, 5.74) is -1.05. The van der Waals surface area contributed by atoms with Crippen molar-refractivity contribution < 1.29 is 21.6 Å². The third-order valence-corrected chi connectivity index (χ3v) is 10.9. The molecule has 1 aliphatic rings. The number of aromatic amines is 1. The van der Waals surface area contributed by atoms with Crippen molar-refractivity contribution in [3.63, 3.8) is 0 Å². The zero-order valence-electron chi connectivity index (χ0n) is 19.7. The van der Waals surface area contributed by atoms with E-state index in [0.29, 0.717) is 5.56 Å². The summed E-state index contributed by atoms with van der Waals surface area (Å²) < 4.78 is 54.5. The Morgan fingerprint density at radius 3 is 2.51 bits per heavy atom. The van der Waals surface area contributed by atoms with Crippen LogP contribution in [-0.2, 0) is 31.1 Å². The number of benzene rings is 2. The van der Waals surface area contributed by atoms with E-state index in [0.717, 1.165) is 22.0 Å². The minimum Gasteiger partial charge on any atom is -0.342 e. The first-order valence-electron chi connectivity index (χ1n) is 11.0. The van der Waals surface area contributed by atoms with Gasteiger partial charge in [0.15, 0.2) is 15.6 Å². The van der Waals surface area contributed by atoms with Crippen molar-refractivity contribution in [3.8, 4) is 5.69 Å². The number of rotatable bonds is 6. The predicted molar refractivity (Wildman–Crippen MR) is 149 cm³/mol. The molecule has 1 aliphatic heterocycles. The van der Waals surface area contributed by atoms with Gasteiger partial charge in [-0.2, -0.15) is 8.42 Å². The van der Waals surface area contributed by atoms with Gasteiger partial charge in [0.05, 0.1) is 31.6 Å². The number of H-pyrrole nitrogens is 1. The molecule has 3 heterocycles. The lowest BCUT2D eigenvalue weighted by atomic mass is 10.1. The van der Waals surface area contributed by atoms with Crippen LogP contribution in [0.1, 0.15) is 12.5 Å². The Labute approximate surface area is 234 Å². The fraction of sp³-hybridized carbons (Fsp3) is 0.130. The molecule has 39 heavy (non-hydrogen) atoms. The van der Waals surface area contributed by atoms with Gasteiger partial charge < -0.3 is 10.3 Å². The van der Waals surface area contributed by atoms with Crippen molar-refractivity contribution in [2.45, 2.75) is 22.4 Å². The van der Waals surface area contributed by atoms with Crippen LogP contribution in [0.15, 0.2) is 65.6 Å². The Morgan fingerprint density at radius 2 is 1.85 bits per heavy atom. The normalized spacial score (nSPS) is 14.5. The predicted octanol–water partition coefficient (Wildman–Crippen LogP) is 3.17. The molecule has 0 saturated carbocycles. The number of amidine groups is 1. The monoisotopic (exact) mass is 626 g/mol. The number of carbonyl (C=O) groups excluding carboxylic acids is 1. The number of ketones is 1. The van der Waals surface area contributed by atoms with Crippen LogP contribution in [0.2, 0.25) is 9.36 Å². The number of nitrogens with zero attached hydrogens (tertiary/aromatic N) is 2. The first-order valence-corrected chi connectivity index (χ1v) is 15.6. The second-order valence-corrected chi connectivity index (χ2v) is 14.5. The Hall–Kier alpha value is -3.30. The molecular formula is C23H16Cl2N4O7S3. The molecule has 202 valence electrons. The lowest BCUT2D eigenvalue weighted by Crippen LogP contribution is -2.34. The van der Waals surface area contributed by atoms with Crippen LogP contribution in [0.4, 0.5) is 5.69 Å². The second-order valence-electron chi connectivity index (χ2n) is 8.56. The summed E-state index contributed by atoms with van der Waals surface area (Å²) in [6, 6.07) is 9.34. The lowest BCUT2D eigenvalue weighted by Gasteiger charge is -2.17. The maximum atomic E-state index is 13.3. The van der Waals surface area contributed by atoms with Crippen molar-refractivity contribution in [1.29, 1.82) is 0 Å². The molecule has 0 radical (unpaired) electrons. The van der Waals surface area contributed by atoms with Gasteiger partial charge in [0.1, 0.15) is 20.7 Å². The van der Waals surface area contributed by atoms with Gasteiger partial charge in [-0.1, -0.05) is 29.3 Å². The minimum absolute atomic E-state index is 0.0177. The molecule has 0 atom stereocenters. The van der Waals surface area contributed by atoms with Gasteiger partial charge in [-0.05, 0) is 48.9 Å². The summed E-state index contributed by atoms with van der Waals surface area (Å²) in [5, 5.41) is 2.64. The topological polar surface area (TPSA) is 165 Å². The molecule has 0 saturated heterocycles. The molecule has 4 aromatic rings. The number of aromatic nitrogens is 2. The van der Waals surface area contributed by atoms with Gasteiger partial charge in [-0.25, -0.2) is 17.8 Å². The van der Waals surface area contributed by atoms with E-state index < -0.39 is 42.6 Å². The average Bonchev–Trinajstić information content (AvgIpc) is 3.26. The minimum atomic E-state index is -4.06. The fourth-order valence-electron chi connectivity index (χ4n) is 4.09. The molecule has 0 spiro atoms. The zero-order valence-corrected chi connectivity index (χ0v) is 23.6. The molecule has 16 heteroatoms. The molecule has 0 aliphatic carbocycles. The number of halogens is 2. The molecule has 0 fully saturated rings. The van der Waals surface area contributed by atoms with Crippen molar-refractivity contribution in [3.05, 3.63) is 78.2 Å². The number of sulfonamides is 1. The molecule has 2 N–H and O–H groups in total. The Bertz CT molecular complexity index is 2080. The van der Waals surface area contributed by atoms with Gasteiger partial charge >= 0.3 is 5.69 Å². The van der Waals surface area contributed by atoms with Gasteiger partial charge in [-0.3, -0.25) is 9.59 Å². The Kier molecular flexibility index (Phi) is 6.79. The van der Waals surface area contributed by atoms with Gasteiger partial charge in [0, 0.05) is 6.42 Å². The third kappa shape index (κ3) is 5.17. The summed E-state index contributed by atoms with van der Waals surface area (Å²) in [7, 11) is -7.93. The van der Waals surface area contributed by atoms with E-state index >= 15 is 0 Å². The van der Waals surface area contributed by atoms with Crippen LogP contribution in [0.5, 0.6) is 0 Å². The maximum Gasteiger partial charge on any atom is 0.333 e. The summed E-state index contributed by atoms with van der Waals surface area (Å²) in [6.07, 6.45) is -0.266. The Balaban J connectivity index is 1.48. The van der Waals surface area contributed by atoms with E-state index in [2.05, 4.69) is 14.7 Å². The molecule has 0 amide bonds. The molecule has 5 rings (SSSR count). The number of fused-ring (bicyclic) bond motifs is 2. The SMILES string of the molecule is CC1=NS(=O)(=O)c2cc3c(=O)n(-c4ccc(CC(=O)CS(=O)(=O)c5ccc(Cl)s5)cc4Cl)c(=O)[nH]c3cc2N1. The van der Waals surface area contributed by atoms with Gasteiger partial charge in [0.25, 0.3) is 15.6 Å². The highest BCUT2D eigenvalue weighted by Crippen LogP contribution is 2.30. The van der Waals surface area contributed by atoms with Crippen molar-refractivity contribution in [2.24, 2.45) is 4.40 Å². The van der Waals surface area contributed by atoms with Crippen LogP contribution in [-0.4, -0.2) is 43.8 Å². The number of hydrogen-bond donors (Lipinski definition) is 2. The van der Waals surface area contributed by atoms with Crippen LogP contribution in [0.3, 0.4) is 0 Å². The summed E-state index contributed by atoms with van der Waals surface area (Å²) >= 11 is 13.0. The third-order valence-electron chi connectivity index (χ3n) is 5.71. The summed E-state index contributed by atoms with van der Waals surface area (Å²) in [5.74, 6) is -1.20. The summed E-state index contributed by atoms with van der Waals surface area (Å²) in [6.45, 7) is 1.46. The number of anilines is 1. The largest absolute Gasteiger partial charge is 0.342 e. The number of carbonyl (C=O) groups is 1. The first kappa shape index (κ1) is 27.3. The number of hydrogen-bond acceptors (Lipinski definition) is 9. The number of nitrogens with one attached hydrogen (secondary N) is 2. The van der Waals surface area contributed by atoms with Crippen LogP contribution in [0, 0.1) is 0 Å². The molecule has 0 unspecified atom stereocenters. The highest BCUT2D eigenvalue weighted by molar-refractivity contribution is 7.94. The van der Waals surface area contributed by atoms with E-state index in [-0.39, 0.29) is 53.0 Å². The lowest BCUT2D eigenvalue weighted by molar-refractivity contribution is -0.116. The van der Waals surface area contributed by atoms with E-state index in [9.17, 15) is 31.2 Å². The van der Waals surface area contributed by atoms with Crippen LogP contribution in [0.25, 0.3) is 16.6 Å². The first-order chi connectivity index (χ1) is 18.2. The maximum absolute atomic E-state index is 13.3. The molecule has 0 bridgehead atoms. The average molecular weight is 628 g/mol. The van der Waals surface area contributed by atoms with Gasteiger partial charge in [-0.15, -0.1) is 15.7 Å². The number of Topliss-reactive ketones (excluding diaryl/α,β-unsaturated/α-hetero) is 1. The standard InChI is InChI=1S/C23H16Cl2N4O7S3/c1-11-26-17-9-16-14(8-19(17)39(35,36)28-11)22(31)29(23(32)27-16)18-3-2-12(7-15(18)24)6-13(30)10-38(33,34)21-5-4-20(25)37-21/h2-5,7-9H,6,10H2,1H3,(H,26,28)(H,27,32). The van der Waals surface area contributed by atoms with E-state index in [1.54, 1.807) is 0 Å². The highest BCUT2D eigenvalue weighted by atomic mass is 35.5. The van der Waals surface area contributed by atoms with Crippen molar-refractivity contribution >= 4 is 82.6 Å². The highest BCUT2D eigenvalue weighted by Gasteiger charge is 2.26. The second kappa shape index (κ2) is 9.71. The van der Waals surface area contributed by atoms with Gasteiger partial charge in [0.2, 0.25) is 0 Å². The molecular weight excluding hydrogens is 611 g/mol. The van der Waals surface area contributed by atoms with Crippen LogP contribution < -0.4 is 16.6 Å². The van der Waals surface area contributed by atoms with Crippen molar-refractivity contribution in [2.75, 3.05) is 11.1 Å². The van der Waals surface area contributed by atoms with E-state index in [1.165, 1.54) is 43.3 Å².